The number of piperazine rings is 1. The summed E-state index contributed by atoms with van der Waals surface area (Å²) in [6.07, 6.45) is 5.34. The molecular weight excluding hydrogens is 585 g/mol. The maximum atomic E-state index is 15.2. The molecule has 0 bridgehead atoms. The molecule has 0 radical (unpaired) electrons. The molecule has 3 aliphatic rings. The number of hydrogen-bond acceptors (Lipinski definition) is 8. The molecule has 230 valence electrons. The molecule has 1 N–H and O–H groups in total. The molecule has 0 spiro atoms. The first-order chi connectivity index (χ1) is 21.3. The van der Waals surface area contributed by atoms with Crippen LogP contribution in [0.1, 0.15) is 31.2 Å². The summed E-state index contributed by atoms with van der Waals surface area (Å²) in [5, 5.41) is 8.07. The highest BCUT2D eigenvalue weighted by Gasteiger charge is 2.32. The summed E-state index contributed by atoms with van der Waals surface area (Å²) in [5.74, 6) is 0.449. The van der Waals surface area contributed by atoms with Gasteiger partial charge in [0.05, 0.1) is 22.0 Å². The number of aryl methyl sites for hydroxylation is 1. The Labute approximate surface area is 259 Å². The Morgan fingerprint density at radius 1 is 1.16 bits per heavy atom. The van der Waals surface area contributed by atoms with E-state index in [0.717, 1.165) is 37.8 Å². The Kier molecular flexibility index (Phi) is 7.54. The van der Waals surface area contributed by atoms with E-state index >= 15 is 4.39 Å². The van der Waals surface area contributed by atoms with E-state index in [1.54, 1.807) is 4.90 Å². The number of aromatic nitrogens is 4. The summed E-state index contributed by atoms with van der Waals surface area (Å²) < 4.78 is 28.1. The van der Waals surface area contributed by atoms with Crippen LogP contribution in [-0.4, -0.2) is 94.4 Å². The van der Waals surface area contributed by atoms with Gasteiger partial charge in [0, 0.05) is 48.7 Å². The average molecular weight is 620 g/mol. The standard InChI is InChI=1S/C32H35ClFN7O3/c1-4-24(42)40-12-14-41(15-13-40)31-21-16-22(33)26(25-18(2)7-10-23-27(25)30(34)38-37-23)29(44-20-8-9-20)28(21)35-32(36-31)43-17-19-6-5-11-39(19)3/h4,7,10,16,19-20H,1,5-6,8-9,11-15,17H2,2-3H3,(H,37,38)/t19-/m0/s1. The number of halogens is 2. The van der Waals surface area contributed by atoms with Crippen molar-refractivity contribution in [3.05, 3.63) is 47.4 Å². The van der Waals surface area contributed by atoms with Gasteiger partial charge in [0.1, 0.15) is 17.9 Å². The molecule has 1 amide bonds. The first kappa shape index (κ1) is 28.8. The van der Waals surface area contributed by atoms with E-state index in [9.17, 15) is 4.79 Å². The second-order valence-corrected chi connectivity index (χ2v) is 12.3. The SMILES string of the molecule is C=CC(=O)N1CCN(c2nc(OC[C@@H]3CCCN3C)nc3c(OC4CC4)c(-c4c(C)ccc5[nH]nc(F)c45)c(Cl)cc23)CC1. The second-order valence-electron chi connectivity index (χ2n) is 11.9. The van der Waals surface area contributed by atoms with Crippen molar-refractivity contribution in [2.45, 2.75) is 44.8 Å². The number of hydrogen-bond donors (Lipinski definition) is 1. The lowest BCUT2D eigenvalue weighted by atomic mass is 9.94. The Morgan fingerprint density at radius 3 is 2.66 bits per heavy atom. The number of anilines is 1. The molecule has 3 fully saturated rings. The van der Waals surface area contributed by atoms with Gasteiger partial charge in [-0.2, -0.15) is 14.4 Å². The zero-order chi connectivity index (χ0) is 30.5. The van der Waals surface area contributed by atoms with Gasteiger partial charge in [-0.15, -0.1) is 5.10 Å². The predicted molar refractivity (Wildman–Crippen MR) is 168 cm³/mol. The predicted octanol–water partition coefficient (Wildman–Crippen LogP) is 5.12. The third kappa shape index (κ3) is 5.21. The van der Waals surface area contributed by atoms with Crippen molar-refractivity contribution in [3.63, 3.8) is 0 Å². The zero-order valence-electron chi connectivity index (χ0n) is 24.9. The highest BCUT2D eigenvalue weighted by molar-refractivity contribution is 6.35. The van der Waals surface area contributed by atoms with Crippen LogP contribution in [0.5, 0.6) is 11.8 Å². The van der Waals surface area contributed by atoms with E-state index in [1.807, 2.05) is 25.1 Å². The summed E-state index contributed by atoms with van der Waals surface area (Å²) in [4.78, 5) is 28.3. The smallest absolute Gasteiger partial charge is 0.319 e. The van der Waals surface area contributed by atoms with Crippen LogP contribution in [0, 0.1) is 12.9 Å². The first-order valence-corrected chi connectivity index (χ1v) is 15.5. The molecule has 2 aromatic carbocycles. The maximum Gasteiger partial charge on any atom is 0.319 e. The number of nitrogens with zero attached hydrogens (tertiary/aromatic N) is 6. The highest BCUT2D eigenvalue weighted by Crippen LogP contribution is 2.49. The van der Waals surface area contributed by atoms with E-state index in [2.05, 4.69) is 33.6 Å². The Hall–Kier alpha value is -3.96. The number of nitrogens with one attached hydrogen (secondary N) is 1. The summed E-state index contributed by atoms with van der Waals surface area (Å²) in [7, 11) is 2.10. The quantitative estimate of drug-likeness (QED) is 0.271. The van der Waals surface area contributed by atoms with Crippen LogP contribution >= 0.6 is 11.6 Å². The minimum absolute atomic E-state index is 0.00695. The van der Waals surface area contributed by atoms with Crippen molar-refractivity contribution in [3.8, 4) is 22.9 Å². The number of amides is 1. The summed E-state index contributed by atoms with van der Waals surface area (Å²) in [6, 6.07) is 6.09. The molecule has 4 aromatic rings. The van der Waals surface area contributed by atoms with E-state index in [1.165, 1.54) is 6.08 Å². The van der Waals surface area contributed by atoms with Crippen LogP contribution in [0.25, 0.3) is 32.9 Å². The number of carbonyl (C=O) groups is 1. The normalized spacial score (nSPS) is 19.2. The molecule has 2 saturated heterocycles. The van der Waals surface area contributed by atoms with Crippen molar-refractivity contribution in [1.29, 1.82) is 0 Å². The van der Waals surface area contributed by atoms with Crippen molar-refractivity contribution in [2.24, 2.45) is 0 Å². The van der Waals surface area contributed by atoms with Gasteiger partial charge in [-0.05, 0) is 70.0 Å². The van der Waals surface area contributed by atoms with Gasteiger partial charge in [-0.1, -0.05) is 24.2 Å². The molecule has 2 aromatic heterocycles. The van der Waals surface area contributed by atoms with Crippen molar-refractivity contribution in [1.82, 2.24) is 30.0 Å². The molecule has 1 aliphatic carbocycles. The van der Waals surface area contributed by atoms with Crippen LogP contribution < -0.4 is 14.4 Å². The van der Waals surface area contributed by atoms with Crippen LogP contribution in [-0.2, 0) is 4.79 Å². The van der Waals surface area contributed by atoms with E-state index in [4.69, 9.17) is 31.0 Å². The molecule has 4 heterocycles. The minimum atomic E-state index is -0.604. The molecule has 10 nitrogen and oxygen atoms in total. The van der Waals surface area contributed by atoms with Gasteiger partial charge in [0.15, 0.2) is 5.75 Å². The highest BCUT2D eigenvalue weighted by atomic mass is 35.5. The molecule has 12 heteroatoms. The number of H-pyrrole nitrogens is 1. The molecule has 7 rings (SSSR count). The van der Waals surface area contributed by atoms with Gasteiger partial charge >= 0.3 is 6.01 Å². The number of likely N-dealkylation sites (tertiary alicyclic amines) is 1. The lowest BCUT2D eigenvalue weighted by Crippen LogP contribution is -2.48. The van der Waals surface area contributed by atoms with Gasteiger partial charge in [-0.3, -0.25) is 9.89 Å². The van der Waals surface area contributed by atoms with Crippen molar-refractivity contribution in [2.75, 3.05) is 51.3 Å². The largest absolute Gasteiger partial charge is 0.487 e. The lowest BCUT2D eigenvalue weighted by Gasteiger charge is -2.35. The number of benzene rings is 2. The van der Waals surface area contributed by atoms with Gasteiger partial charge < -0.3 is 24.2 Å². The third-order valence-electron chi connectivity index (χ3n) is 8.95. The molecular formula is C32H35ClFN7O3. The summed E-state index contributed by atoms with van der Waals surface area (Å²) >= 11 is 7.13. The van der Waals surface area contributed by atoms with E-state index in [-0.39, 0.29) is 24.1 Å². The van der Waals surface area contributed by atoms with Crippen molar-refractivity contribution < 1.29 is 18.7 Å². The fourth-order valence-corrected chi connectivity index (χ4v) is 6.59. The number of ether oxygens (including phenoxy) is 2. The Morgan fingerprint density at radius 2 is 1.95 bits per heavy atom. The summed E-state index contributed by atoms with van der Waals surface area (Å²) in [5.41, 5.74) is 3.14. The van der Waals surface area contributed by atoms with Gasteiger partial charge in [0.2, 0.25) is 11.9 Å². The maximum absolute atomic E-state index is 15.2. The fourth-order valence-electron chi connectivity index (χ4n) is 6.31. The third-order valence-corrected chi connectivity index (χ3v) is 9.25. The number of fused-ring (bicyclic) bond motifs is 2. The van der Waals surface area contributed by atoms with Crippen LogP contribution in [0.15, 0.2) is 30.9 Å². The lowest BCUT2D eigenvalue weighted by molar-refractivity contribution is -0.126. The van der Waals surface area contributed by atoms with Gasteiger partial charge in [-0.25, -0.2) is 0 Å². The molecule has 1 atom stereocenters. The minimum Gasteiger partial charge on any atom is -0.487 e. The van der Waals surface area contributed by atoms with E-state index in [0.29, 0.717) is 82.3 Å². The monoisotopic (exact) mass is 619 g/mol. The van der Waals surface area contributed by atoms with Crippen LogP contribution in [0.3, 0.4) is 0 Å². The zero-order valence-corrected chi connectivity index (χ0v) is 25.7. The number of carbonyl (C=O) groups excluding carboxylic acids is 1. The topological polar surface area (TPSA) is 99.7 Å². The number of aromatic amines is 1. The fraction of sp³-hybridized carbons (Fsp3) is 0.438. The second kappa shape index (κ2) is 11.5. The molecule has 2 aliphatic heterocycles. The molecule has 44 heavy (non-hydrogen) atoms. The van der Waals surface area contributed by atoms with Crippen LogP contribution in [0.2, 0.25) is 5.02 Å². The summed E-state index contributed by atoms with van der Waals surface area (Å²) in [6.45, 7) is 9.22. The van der Waals surface area contributed by atoms with Crippen LogP contribution in [0.4, 0.5) is 10.2 Å². The Balaban J connectivity index is 1.40. The average Bonchev–Trinajstić information content (AvgIpc) is 3.64. The number of rotatable bonds is 8. The molecule has 1 saturated carbocycles. The first-order valence-electron chi connectivity index (χ1n) is 15.2. The Bertz CT molecular complexity index is 1770. The molecule has 0 unspecified atom stereocenters. The van der Waals surface area contributed by atoms with Crippen molar-refractivity contribution >= 4 is 45.1 Å². The van der Waals surface area contributed by atoms with Gasteiger partial charge in [0.25, 0.3) is 0 Å². The number of likely N-dealkylation sites (N-methyl/N-ethyl adjacent to an activating group) is 1. The van der Waals surface area contributed by atoms with E-state index < -0.39 is 5.95 Å².